The molecule has 0 aliphatic rings. The summed E-state index contributed by atoms with van der Waals surface area (Å²) in [7, 11) is 0. The topological polar surface area (TPSA) is 110 Å². The molecule has 0 aliphatic heterocycles. The molecule has 3 amide bonds. The van der Waals surface area contributed by atoms with E-state index in [2.05, 4.69) is 32.4 Å². The smallest absolute Gasteiger partial charge is 0.321 e. The Hall–Kier alpha value is -2.68. The van der Waals surface area contributed by atoms with Crippen LogP contribution in [-0.4, -0.2) is 39.4 Å². The molecule has 0 saturated carbocycles. The van der Waals surface area contributed by atoms with Crippen molar-refractivity contribution in [3.05, 3.63) is 37.2 Å². The fraction of sp³-hybridized carbons (Fsp3) is 0.154. The van der Waals surface area contributed by atoms with E-state index in [1.165, 1.54) is 6.08 Å². The molecule has 0 aromatic carbocycles. The predicted octanol–water partition coefficient (Wildman–Crippen LogP) is 1.24. The normalized spacial score (nSPS) is 10.0. The van der Waals surface area contributed by atoms with E-state index in [-0.39, 0.29) is 17.5 Å². The second-order valence-corrected chi connectivity index (χ2v) is 4.88. The van der Waals surface area contributed by atoms with Crippen molar-refractivity contribution in [3.63, 3.8) is 0 Å². The van der Waals surface area contributed by atoms with Crippen LogP contribution in [0.4, 0.5) is 4.79 Å². The number of pyridine rings is 1. The Balaban J connectivity index is 1.82. The summed E-state index contributed by atoms with van der Waals surface area (Å²) in [5, 5.41) is 12.5. The molecule has 2 rings (SSSR count). The predicted molar refractivity (Wildman–Crippen MR) is 80.0 cm³/mol. The number of nitrogens with zero attached hydrogens (tertiary/aromatic N) is 3. The highest BCUT2D eigenvalue weighted by molar-refractivity contribution is 7.99. The lowest BCUT2D eigenvalue weighted by atomic mass is 10.3. The first-order valence-electron chi connectivity index (χ1n) is 6.24. The molecule has 2 aromatic heterocycles. The summed E-state index contributed by atoms with van der Waals surface area (Å²) in [6, 6.07) is 2.96. The van der Waals surface area contributed by atoms with Gasteiger partial charge in [0.05, 0.1) is 11.3 Å². The molecule has 0 aliphatic carbocycles. The molecule has 0 unspecified atom stereocenters. The SMILES string of the molecule is C=CCNC(=O)NC(=O)CSc1nnc(-c2cccnc2)o1. The molecule has 2 heterocycles. The van der Waals surface area contributed by atoms with E-state index in [1.807, 2.05) is 0 Å². The van der Waals surface area contributed by atoms with Gasteiger partial charge in [0, 0.05) is 18.9 Å². The highest BCUT2D eigenvalue weighted by Gasteiger charge is 2.12. The molecule has 0 saturated heterocycles. The zero-order valence-electron chi connectivity index (χ0n) is 11.5. The van der Waals surface area contributed by atoms with Crippen LogP contribution in [0.2, 0.25) is 0 Å². The molecule has 0 bridgehead atoms. The Kier molecular flexibility index (Phi) is 5.66. The summed E-state index contributed by atoms with van der Waals surface area (Å²) < 4.78 is 5.40. The van der Waals surface area contributed by atoms with Gasteiger partial charge in [-0.2, -0.15) is 0 Å². The number of carbonyl (C=O) groups excluding carboxylic acids is 2. The van der Waals surface area contributed by atoms with E-state index >= 15 is 0 Å². The fourth-order valence-corrected chi connectivity index (χ4v) is 1.94. The number of hydrogen-bond acceptors (Lipinski definition) is 7. The van der Waals surface area contributed by atoms with Gasteiger partial charge in [-0.1, -0.05) is 17.8 Å². The maximum Gasteiger partial charge on any atom is 0.321 e. The van der Waals surface area contributed by atoms with Crippen LogP contribution in [0.5, 0.6) is 0 Å². The van der Waals surface area contributed by atoms with Crippen molar-refractivity contribution in [1.82, 2.24) is 25.8 Å². The molecule has 0 spiro atoms. The van der Waals surface area contributed by atoms with Gasteiger partial charge in [0.25, 0.3) is 5.22 Å². The minimum atomic E-state index is -0.577. The van der Waals surface area contributed by atoms with Crippen LogP contribution in [0.15, 0.2) is 46.8 Å². The highest BCUT2D eigenvalue weighted by atomic mass is 32.2. The number of amides is 3. The average Bonchev–Trinajstić information content (AvgIpc) is 3.01. The summed E-state index contributed by atoms with van der Waals surface area (Å²) >= 11 is 1.04. The number of rotatable bonds is 6. The third kappa shape index (κ3) is 4.70. The maximum atomic E-state index is 11.5. The minimum Gasteiger partial charge on any atom is -0.411 e. The highest BCUT2D eigenvalue weighted by Crippen LogP contribution is 2.21. The number of hydrogen-bond donors (Lipinski definition) is 2. The van der Waals surface area contributed by atoms with Crippen LogP contribution in [0.1, 0.15) is 0 Å². The number of carbonyl (C=O) groups is 2. The van der Waals surface area contributed by atoms with Gasteiger partial charge < -0.3 is 9.73 Å². The lowest BCUT2D eigenvalue weighted by Crippen LogP contribution is -2.40. The largest absolute Gasteiger partial charge is 0.411 e. The maximum absolute atomic E-state index is 11.5. The first-order valence-corrected chi connectivity index (χ1v) is 7.23. The first-order chi connectivity index (χ1) is 10.7. The van der Waals surface area contributed by atoms with E-state index in [4.69, 9.17) is 4.42 Å². The van der Waals surface area contributed by atoms with Gasteiger partial charge in [0.1, 0.15) is 0 Å². The Morgan fingerprint density at radius 3 is 3.00 bits per heavy atom. The van der Waals surface area contributed by atoms with Crippen molar-refractivity contribution in [2.45, 2.75) is 5.22 Å². The number of thioether (sulfide) groups is 1. The molecular weight excluding hydrogens is 306 g/mol. The van der Waals surface area contributed by atoms with Crippen LogP contribution in [0.3, 0.4) is 0 Å². The van der Waals surface area contributed by atoms with Gasteiger partial charge in [-0.05, 0) is 12.1 Å². The zero-order chi connectivity index (χ0) is 15.8. The standard InChI is InChI=1S/C13H13N5O3S/c1-2-5-15-12(20)16-10(19)8-22-13-18-17-11(21-13)9-4-3-6-14-7-9/h2-4,6-7H,1,5,8H2,(H2,15,16,19,20). The van der Waals surface area contributed by atoms with Gasteiger partial charge >= 0.3 is 6.03 Å². The van der Waals surface area contributed by atoms with Crippen LogP contribution in [-0.2, 0) is 4.79 Å². The molecule has 0 fully saturated rings. The molecule has 114 valence electrons. The fourth-order valence-electron chi connectivity index (χ4n) is 1.37. The molecule has 9 heteroatoms. The average molecular weight is 319 g/mol. The van der Waals surface area contributed by atoms with Crippen molar-refractivity contribution in [2.24, 2.45) is 0 Å². The summed E-state index contributed by atoms with van der Waals surface area (Å²) in [5.41, 5.74) is 0.690. The summed E-state index contributed by atoms with van der Waals surface area (Å²) in [6.45, 7) is 3.73. The summed E-state index contributed by atoms with van der Waals surface area (Å²) in [5.74, 6) is -0.164. The third-order valence-electron chi connectivity index (χ3n) is 2.30. The molecule has 2 aromatic rings. The molecular formula is C13H13N5O3S. The van der Waals surface area contributed by atoms with Crippen molar-refractivity contribution >= 4 is 23.7 Å². The van der Waals surface area contributed by atoms with Gasteiger partial charge in [0.15, 0.2) is 0 Å². The van der Waals surface area contributed by atoms with E-state index in [9.17, 15) is 9.59 Å². The lowest BCUT2D eigenvalue weighted by molar-refractivity contribution is -0.117. The van der Waals surface area contributed by atoms with E-state index in [0.29, 0.717) is 11.5 Å². The zero-order valence-corrected chi connectivity index (χ0v) is 12.3. The van der Waals surface area contributed by atoms with E-state index in [1.54, 1.807) is 24.5 Å². The van der Waals surface area contributed by atoms with Crippen molar-refractivity contribution < 1.29 is 14.0 Å². The van der Waals surface area contributed by atoms with Crippen molar-refractivity contribution in [3.8, 4) is 11.5 Å². The number of aromatic nitrogens is 3. The minimum absolute atomic E-state index is 0.0177. The van der Waals surface area contributed by atoms with Crippen molar-refractivity contribution in [2.75, 3.05) is 12.3 Å². The van der Waals surface area contributed by atoms with E-state index < -0.39 is 11.9 Å². The molecule has 8 nitrogen and oxygen atoms in total. The number of imide groups is 1. The monoisotopic (exact) mass is 319 g/mol. The summed E-state index contributed by atoms with van der Waals surface area (Å²) in [4.78, 5) is 26.8. The van der Waals surface area contributed by atoms with Crippen LogP contribution < -0.4 is 10.6 Å². The van der Waals surface area contributed by atoms with E-state index in [0.717, 1.165) is 11.8 Å². The molecule has 2 N–H and O–H groups in total. The lowest BCUT2D eigenvalue weighted by Gasteiger charge is -2.03. The molecule has 0 atom stereocenters. The van der Waals surface area contributed by atoms with Crippen LogP contribution in [0.25, 0.3) is 11.5 Å². The van der Waals surface area contributed by atoms with Crippen molar-refractivity contribution in [1.29, 1.82) is 0 Å². The Morgan fingerprint density at radius 1 is 1.41 bits per heavy atom. The second-order valence-electron chi connectivity index (χ2n) is 3.95. The quantitative estimate of drug-likeness (QED) is 0.608. The van der Waals surface area contributed by atoms with Crippen LogP contribution in [0, 0.1) is 0 Å². The second kappa shape index (κ2) is 7.93. The summed E-state index contributed by atoms with van der Waals surface area (Å²) in [6.07, 6.45) is 4.74. The van der Waals surface area contributed by atoms with Crippen LogP contribution >= 0.6 is 11.8 Å². The van der Waals surface area contributed by atoms with Gasteiger partial charge in [-0.3, -0.25) is 15.1 Å². The third-order valence-corrected chi connectivity index (χ3v) is 3.12. The van der Waals surface area contributed by atoms with Gasteiger partial charge in [-0.25, -0.2) is 4.79 Å². The Morgan fingerprint density at radius 2 is 2.27 bits per heavy atom. The van der Waals surface area contributed by atoms with Gasteiger partial charge in [0.2, 0.25) is 11.8 Å². The number of urea groups is 1. The Labute approximate surface area is 130 Å². The molecule has 22 heavy (non-hydrogen) atoms. The number of nitrogens with one attached hydrogen (secondary N) is 2. The van der Waals surface area contributed by atoms with Gasteiger partial charge in [-0.15, -0.1) is 16.8 Å². The Bertz CT molecular complexity index is 659. The first kappa shape index (κ1) is 15.7. The molecule has 0 radical (unpaired) electrons.